The van der Waals surface area contributed by atoms with E-state index in [0.29, 0.717) is 11.8 Å². The maximum absolute atomic E-state index is 10.0. The van der Waals surface area contributed by atoms with Gasteiger partial charge in [-0.3, -0.25) is 9.00 Å². The fourth-order valence-electron chi connectivity index (χ4n) is 0.255. The molecule has 0 rings (SSSR count). The van der Waals surface area contributed by atoms with Crippen molar-refractivity contribution in [2.24, 2.45) is 0 Å². The van der Waals surface area contributed by atoms with E-state index < -0.39 is 10.1 Å². The van der Waals surface area contributed by atoms with Crippen molar-refractivity contribution in [2.75, 3.05) is 13.6 Å². The van der Waals surface area contributed by atoms with E-state index in [-0.39, 0.29) is 36.1 Å². The van der Waals surface area contributed by atoms with E-state index in [2.05, 4.69) is 0 Å². The molecule has 11 heavy (non-hydrogen) atoms. The molecule has 1 unspecified atom stereocenters. The van der Waals surface area contributed by atoms with Gasteiger partial charge >= 0.3 is 29.6 Å². The fourth-order valence-corrected chi connectivity index (χ4v) is 0.678. The monoisotopic (exact) mass is 189 g/mol. The summed E-state index contributed by atoms with van der Waals surface area (Å²) in [6, 6.07) is 0. The van der Waals surface area contributed by atoms with Crippen molar-refractivity contribution >= 4 is 21.9 Å². The van der Waals surface area contributed by atoms with Gasteiger partial charge in [0.05, 0.1) is 0 Å². The van der Waals surface area contributed by atoms with Crippen LogP contribution in [0.4, 0.5) is 0 Å². The molecule has 1 atom stereocenters. The Kier molecular flexibility index (Phi) is 7.60. The number of amides is 1. The minimum atomic E-state index is -4.05. The molecule has 5 nitrogen and oxygen atoms in total. The predicted molar refractivity (Wildman–Crippen MR) is 36.3 cm³/mol. The van der Waals surface area contributed by atoms with Crippen molar-refractivity contribution in [1.29, 1.82) is 0 Å². The second-order valence-corrected chi connectivity index (χ2v) is 3.09. The molecule has 1 N–H and O–H groups in total. The number of hydrogen-bond donors (Lipinski definition) is 1. The summed E-state index contributed by atoms with van der Waals surface area (Å²) < 4.78 is 28.2. The summed E-state index contributed by atoms with van der Waals surface area (Å²) in [5.74, 6) is 0. The van der Waals surface area contributed by atoms with Crippen LogP contribution in [0.15, 0.2) is 0 Å². The Balaban J connectivity index is 0. The Labute approximate surface area is 87.7 Å². The normalized spacial score (nSPS) is 14.1. The van der Waals surface area contributed by atoms with Gasteiger partial charge in [0.1, 0.15) is 0 Å². The standard InChI is InChI=1S/C4H9NO4S.Na/c1-5(4-6)2-3-10(7,8)9;/h3-4H,2H2,1H3,(H2,7,8,9);/q;+1/p-1. The van der Waals surface area contributed by atoms with E-state index in [9.17, 15) is 13.6 Å². The average Bonchev–Trinajstić information content (AvgIpc) is 1.81. The summed E-state index contributed by atoms with van der Waals surface area (Å²) in [5, 5.41) is 0.640. The Morgan fingerprint density at radius 1 is 1.73 bits per heavy atom. The third-order valence-corrected chi connectivity index (χ3v) is 1.32. The van der Waals surface area contributed by atoms with Crippen molar-refractivity contribution in [3.63, 3.8) is 0 Å². The molecule has 7 heteroatoms. The molecule has 0 radical (unpaired) electrons. The van der Waals surface area contributed by atoms with E-state index in [1.165, 1.54) is 7.05 Å². The Morgan fingerprint density at radius 3 is 2.45 bits per heavy atom. The smallest absolute Gasteiger partial charge is 0.757 e. The SMILES string of the molecule is CN(C=O)CC=S(=O)([O-])O.[Na+]. The van der Waals surface area contributed by atoms with Gasteiger partial charge in [-0.05, 0) is 5.37 Å². The van der Waals surface area contributed by atoms with E-state index >= 15 is 0 Å². The predicted octanol–water partition coefficient (Wildman–Crippen LogP) is -4.23. The molecule has 0 aromatic rings. The summed E-state index contributed by atoms with van der Waals surface area (Å²) >= 11 is 0. The summed E-state index contributed by atoms with van der Waals surface area (Å²) in [4.78, 5) is 10.9. The molecule has 0 aliphatic heterocycles. The number of carbonyl (C=O) groups is 1. The van der Waals surface area contributed by atoms with Crippen LogP contribution in [0.5, 0.6) is 0 Å². The van der Waals surface area contributed by atoms with Crippen LogP contribution in [0.2, 0.25) is 0 Å². The van der Waals surface area contributed by atoms with E-state index in [1.54, 1.807) is 0 Å². The van der Waals surface area contributed by atoms with Crippen LogP contribution in [0.3, 0.4) is 0 Å². The number of carbonyl (C=O) groups excluding carboxylic acids is 1. The average molecular weight is 189 g/mol. The quantitative estimate of drug-likeness (QED) is 0.277. The molecule has 0 aliphatic carbocycles. The zero-order valence-corrected chi connectivity index (χ0v) is 9.21. The zero-order chi connectivity index (χ0) is 8.20. The number of hydrogen-bond acceptors (Lipinski definition) is 3. The Morgan fingerprint density at radius 2 is 2.18 bits per heavy atom. The van der Waals surface area contributed by atoms with Crippen LogP contribution < -0.4 is 29.6 Å². The molecule has 0 fully saturated rings. The van der Waals surface area contributed by atoms with Crippen molar-refractivity contribution in [3.8, 4) is 0 Å². The fraction of sp³-hybridized carbons (Fsp3) is 0.500. The molecule has 1 amide bonds. The largest absolute Gasteiger partial charge is 1.00 e. The third kappa shape index (κ3) is 10.4. The topological polar surface area (TPSA) is 80.7 Å². The van der Waals surface area contributed by atoms with Crippen LogP contribution in [0, 0.1) is 0 Å². The number of nitrogens with zero attached hydrogens (tertiary/aromatic N) is 1. The summed E-state index contributed by atoms with van der Waals surface area (Å²) in [6.07, 6.45) is 0.460. The molecule has 0 saturated heterocycles. The van der Waals surface area contributed by atoms with Gasteiger partial charge in [0.15, 0.2) is 0 Å². The summed E-state index contributed by atoms with van der Waals surface area (Å²) in [5.41, 5.74) is 0. The maximum atomic E-state index is 10.0. The van der Waals surface area contributed by atoms with E-state index in [1.807, 2.05) is 0 Å². The molecular weight excluding hydrogens is 181 g/mol. The molecule has 0 bridgehead atoms. The van der Waals surface area contributed by atoms with Crippen molar-refractivity contribution in [3.05, 3.63) is 0 Å². The Hall–Kier alpha value is 0.410. The Bertz CT molecular complexity index is 214. The van der Waals surface area contributed by atoms with Crippen molar-refractivity contribution in [2.45, 2.75) is 0 Å². The minimum Gasteiger partial charge on any atom is -0.757 e. The van der Waals surface area contributed by atoms with Gasteiger partial charge in [-0.25, -0.2) is 0 Å². The van der Waals surface area contributed by atoms with Gasteiger partial charge in [-0.15, -0.1) is 0 Å². The van der Waals surface area contributed by atoms with Gasteiger partial charge in [-0.1, -0.05) is 0 Å². The first kappa shape index (κ1) is 14.0. The van der Waals surface area contributed by atoms with E-state index in [0.717, 1.165) is 4.90 Å². The van der Waals surface area contributed by atoms with Gasteiger partial charge in [0.2, 0.25) is 6.41 Å². The zero-order valence-electron chi connectivity index (χ0n) is 6.39. The molecule has 0 heterocycles. The van der Waals surface area contributed by atoms with Gasteiger partial charge in [0.25, 0.3) is 0 Å². The van der Waals surface area contributed by atoms with Crippen molar-refractivity contribution in [1.82, 2.24) is 4.90 Å². The number of rotatable bonds is 3. The second-order valence-electron chi connectivity index (χ2n) is 1.73. The molecule has 0 saturated carbocycles. The second kappa shape index (κ2) is 5.99. The van der Waals surface area contributed by atoms with Crippen LogP contribution >= 0.6 is 0 Å². The van der Waals surface area contributed by atoms with Gasteiger partial charge in [0, 0.05) is 23.7 Å². The molecule has 0 aromatic carbocycles. The van der Waals surface area contributed by atoms with Crippen molar-refractivity contribution < 1.29 is 47.7 Å². The van der Waals surface area contributed by atoms with Crippen LogP contribution in [0.1, 0.15) is 0 Å². The molecular formula is C4H8NNaO4S. The molecule has 0 spiro atoms. The molecule has 0 aliphatic rings. The van der Waals surface area contributed by atoms with Gasteiger partial charge < -0.3 is 14.0 Å². The molecule has 60 valence electrons. The van der Waals surface area contributed by atoms with Crippen LogP contribution in [0.25, 0.3) is 0 Å². The maximum Gasteiger partial charge on any atom is 1.00 e. The summed E-state index contributed by atoms with van der Waals surface area (Å²) in [6.45, 7) is -0.109. The van der Waals surface area contributed by atoms with Crippen LogP contribution in [-0.4, -0.2) is 43.6 Å². The first-order valence-corrected chi connectivity index (χ1v) is 3.92. The first-order valence-electron chi connectivity index (χ1n) is 2.42. The minimum absolute atomic E-state index is 0. The third-order valence-electron chi connectivity index (χ3n) is 0.753. The first-order chi connectivity index (χ1) is 4.45. The van der Waals surface area contributed by atoms with E-state index in [4.69, 9.17) is 4.55 Å². The van der Waals surface area contributed by atoms with Crippen LogP contribution in [-0.2, 0) is 14.9 Å². The summed E-state index contributed by atoms with van der Waals surface area (Å²) in [7, 11) is -2.66. The molecule has 0 aromatic heterocycles. The van der Waals surface area contributed by atoms with Gasteiger partial charge in [-0.2, -0.15) is 0 Å².